The predicted molar refractivity (Wildman–Crippen MR) is 55.2 cm³/mol. The smallest absolute Gasteiger partial charge is 0.336 e. The van der Waals surface area contributed by atoms with Gasteiger partial charge in [0.05, 0.1) is 24.2 Å². The molecule has 86 valence electrons. The van der Waals surface area contributed by atoms with Gasteiger partial charge < -0.3 is 14.4 Å². The molecule has 0 radical (unpaired) electrons. The van der Waals surface area contributed by atoms with Crippen LogP contribution in [-0.2, 0) is 14.3 Å². The third-order valence-corrected chi connectivity index (χ3v) is 1.91. The zero-order chi connectivity index (χ0) is 12.0. The Hall–Kier alpha value is -1.95. The number of carbonyl (C=O) groups excluding carboxylic acids is 2. The fourth-order valence-corrected chi connectivity index (χ4v) is 1.10. The van der Waals surface area contributed by atoms with Gasteiger partial charge in [0.15, 0.2) is 6.29 Å². The van der Waals surface area contributed by atoms with Crippen molar-refractivity contribution < 1.29 is 19.4 Å². The summed E-state index contributed by atoms with van der Waals surface area (Å²) in [6.45, 7) is 1.14. The minimum absolute atomic E-state index is 0.0910. The lowest BCUT2D eigenvalue weighted by atomic mass is 10.2. The first-order valence-electron chi connectivity index (χ1n) is 4.63. The van der Waals surface area contributed by atoms with Crippen LogP contribution in [0.4, 0.5) is 0 Å². The van der Waals surface area contributed by atoms with Crippen LogP contribution < -0.4 is 0 Å². The number of rotatable bonds is 5. The van der Waals surface area contributed by atoms with Crippen molar-refractivity contribution in [1.82, 2.24) is 9.55 Å². The van der Waals surface area contributed by atoms with Gasteiger partial charge in [0.1, 0.15) is 6.61 Å². The molecule has 1 rings (SSSR count). The summed E-state index contributed by atoms with van der Waals surface area (Å²) in [5.41, 5.74) is 0.335. The normalized spacial score (nSPS) is 11.9. The van der Waals surface area contributed by atoms with Crippen molar-refractivity contribution in [3.8, 4) is 0 Å². The van der Waals surface area contributed by atoms with E-state index in [9.17, 15) is 9.59 Å². The van der Waals surface area contributed by atoms with E-state index in [1.54, 1.807) is 6.20 Å². The predicted octanol–water partition coefficient (Wildman–Crippen LogP) is -0.152. The van der Waals surface area contributed by atoms with E-state index < -0.39 is 5.97 Å². The third-order valence-electron chi connectivity index (χ3n) is 1.91. The van der Waals surface area contributed by atoms with Gasteiger partial charge in [0.2, 0.25) is 0 Å². The van der Waals surface area contributed by atoms with Gasteiger partial charge in [-0.25, -0.2) is 9.78 Å². The van der Waals surface area contributed by atoms with Crippen LogP contribution in [0, 0.1) is 0 Å². The van der Waals surface area contributed by atoms with Crippen LogP contribution in [0.5, 0.6) is 0 Å². The zero-order valence-corrected chi connectivity index (χ0v) is 8.79. The SMILES string of the molecule is CC(C(=O)OCCO)=C(C=O)n1ccnc1. The second-order valence-corrected chi connectivity index (χ2v) is 2.96. The third kappa shape index (κ3) is 2.77. The summed E-state index contributed by atoms with van der Waals surface area (Å²) in [6, 6.07) is 0. The Morgan fingerprint density at radius 2 is 2.38 bits per heavy atom. The van der Waals surface area contributed by atoms with Gasteiger partial charge in [-0.3, -0.25) is 4.79 Å². The number of nitrogens with zero attached hydrogens (tertiary/aromatic N) is 2. The number of esters is 1. The number of imidazole rings is 1. The number of aliphatic hydroxyl groups excluding tert-OH is 1. The maximum absolute atomic E-state index is 11.4. The first-order valence-corrected chi connectivity index (χ1v) is 4.63. The van der Waals surface area contributed by atoms with Crippen molar-refractivity contribution in [2.45, 2.75) is 6.92 Å². The highest BCUT2D eigenvalue weighted by Crippen LogP contribution is 2.09. The van der Waals surface area contributed by atoms with Crippen LogP contribution in [-0.4, -0.2) is 40.1 Å². The molecule has 0 bridgehead atoms. The molecular formula is C10H12N2O4. The number of hydrogen-bond acceptors (Lipinski definition) is 5. The van der Waals surface area contributed by atoms with Gasteiger partial charge in [0.25, 0.3) is 0 Å². The maximum Gasteiger partial charge on any atom is 0.336 e. The minimum Gasteiger partial charge on any atom is -0.460 e. The van der Waals surface area contributed by atoms with E-state index in [0.717, 1.165) is 0 Å². The van der Waals surface area contributed by atoms with E-state index >= 15 is 0 Å². The molecule has 0 saturated carbocycles. The summed E-state index contributed by atoms with van der Waals surface area (Å²) in [5.74, 6) is -0.634. The average Bonchev–Trinajstić information content (AvgIpc) is 2.80. The van der Waals surface area contributed by atoms with E-state index in [2.05, 4.69) is 4.98 Å². The van der Waals surface area contributed by atoms with Crippen LogP contribution in [0.3, 0.4) is 0 Å². The van der Waals surface area contributed by atoms with Crippen molar-refractivity contribution in [1.29, 1.82) is 0 Å². The van der Waals surface area contributed by atoms with Crippen LogP contribution in [0.25, 0.3) is 5.70 Å². The largest absolute Gasteiger partial charge is 0.460 e. The quantitative estimate of drug-likeness (QED) is 0.427. The standard InChI is InChI=1S/C10H12N2O4/c1-8(10(15)16-5-4-13)9(6-14)12-3-2-11-7-12/h2-3,6-7,13H,4-5H2,1H3. The second kappa shape index (κ2) is 5.82. The molecule has 0 atom stereocenters. The summed E-state index contributed by atoms with van der Waals surface area (Å²) in [4.78, 5) is 26.0. The Balaban J connectivity index is 2.91. The Kier molecular flexibility index (Phi) is 4.41. The number of hydrogen-bond donors (Lipinski definition) is 1. The fraction of sp³-hybridized carbons (Fsp3) is 0.300. The first-order chi connectivity index (χ1) is 7.70. The van der Waals surface area contributed by atoms with Gasteiger partial charge in [-0.1, -0.05) is 0 Å². The maximum atomic E-state index is 11.4. The molecule has 0 aliphatic carbocycles. The van der Waals surface area contributed by atoms with Crippen LogP contribution in [0.1, 0.15) is 6.92 Å². The summed E-state index contributed by atoms with van der Waals surface area (Å²) in [5, 5.41) is 8.50. The molecule has 0 aromatic carbocycles. The summed E-state index contributed by atoms with van der Waals surface area (Å²) >= 11 is 0. The highest BCUT2D eigenvalue weighted by atomic mass is 16.5. The summed E-state index contributed by atoms with van der Waals surface area (Å²) in [6.07, 6.45) is 5.01. The highest BCUT2D eigenvalue weighted by Gasteiger charge is 2.12. The molecule has 0 fully saturated rings. The zero-order valence-electron chi connectivity index (χ0n) is 8.79. The van der Waals surface area contributed by atoms with E-state index in [1.807, 2.05) is 0 Å². The van der Waals surface area contributed by atoms with Gasteiger partial charge in [0, 0.05) is 12.4 Å². The number of aromatic nitrogens is 2. The molecule has 1 heterocycles. The molecular weight excluding hydrogens is 212 g/mol. The molecule has 6 nitrogen and oxygen atoms in total. The second-order valence-electron chi connectivity index (χ2n) is 2.96. The molecule has 0 aliphatic rings. The fourth-order valence-electron chi connectivity index (χ4n) is 1.10. The topological polar surface area (TPSA) is 81.4 Å². The molecule has 1 aromatic rings. The molecule has 16 heavy (non-hydrogen) atoms. The van der Waals surface area contributed by atoms with E-state index in [1.165, 1.54) is 24.0 Å². The van der Waals surface area contributed by atoms with Crippen molar-refractivity contribution in [3.63, 3.8) is 0 Å². The van der Waals surface area contributed by atoms with E-state index in [0.29, 0.717) is 6.29 Å². The molecule has 0 amide bonds. The lowest BCUT2D eigenvalue weighted by molar-refractivity contribution is -0.140. The van der Waals surface area contributed by atoms with Crippen molar-refractivity contribution in [2.75, 3.05) is 13.2 Å². The molecule has 0 unspecified atom stereocenters. The van der Waals surface area contributed by atoms with Gasteiger partial charge >= 0.3 is 5.97 Å². The Bertz CT molecular complexity index is 395. The first kappa shape index (κ1) is 12.1. The molecule has 0 saturated heterocycles. The molecule has 1 N–H and O–H groups in total. The lowest BCUT2D eigenvalue weighted by Crippen LogP contribution is -2.13. The number of aliphatic hydroxyl groups is 1. The minimum atomic E-state index is -0.634. The summed E-state index contributed by atoms with van der Waals surface area (Å²) in [7, 11) is 0. The van der Waals surface area contributed by atoms with E-state index in [-0.39, 0.29) is 24.5 Å². The van der Waals surface area contributed by atoms with Gasteiger partial charge in [-0.15, -0.1) is 0 Å². The number of carbonyl (C=O) groups is 2. The summed E-state index contributed by atoms with van der Waals surface area (Å²) < 4.78 is 6.11. The lowest BCUT2D eigenvalue weighted by Gasteiger charge is -2.06. The molecule has 0 aliphatic heterocycles. The average molecular weight is 224 g/mol. The van der Waals surface area contributed by atoms with Crippen molar-refractivity contribution >= 4 is 18.0 Å². The monoisotopic (exact) mass is 224 g/mol. The Morgan fingerprint density at radius 3 is 2.88 bits per heavy atom. The van der Waals surface area contributed by atoms with Crippen LogP contribution in [0.15, 0.2) is 24.3 Å². The van der Waals surface area contributed by atoms with Crippen LogP contribution >= 0.6 is 0 Å². The van der Waals surface area contributed by atoms with Crippen LogP contribution in [0.2, 0.25) is 0 Å². The number of aldehydes is 1. The Morgan fingerprint density at radius 1 is 1.62 bits per heavy atom. The van der Waals surface area contributed by atoms with E-state index in [4.69, 9.17) is 9.84 Å². The van der Waals surface area contributed by atoms with Gasteiger partial charge in [-0.05, 0) is 6.92 Å². The number of ether oxygens (including phenoxy) is 1. The Labute approximate surface area is 92.2 Å². The molecule has 0 spiro atoms. The molecule has 1 aromatic heterocycles. The number of allylic oxidation sites excluding steroid dienone is 1. The molecule has 6 heteroatoms. The van der Waals surface area contributed by atoms with Crippen molar-refractivity contribution in [3.05, 3.63) is 24.3 Å². The van der Waals surface area contributed by atoms with Gasteiger partial charge in [-0.2, -0.15) is 0 Å². The van der Waals surface area contributed by atoms with Crippen molar-refractivity contribution in [2.24, 2.45) is 0 Å². The highest BCUT2D eigenvalue weighted by molar-refractivity contribution is 6.09.